The first-order valence-electron chi connectivity index (χ1n) is 9.32. The molecule has 0 atom stereocenters. The van der Waals surface area contributed by atoms with Crippen LogP contribution < -0.4 is 10.1 Å². The minimum Gasteiger partial charge on any atom is -0.439 e. The van der Waals surface area contributed by atoms with Crippen LogP contribution in [0.15, 0.2) is 85.2 Å². The molecule has 0 amide bonds. The Labute approximate surface area is 169 Å². The largest absolute Gasteiger partial charge is 0.439 e. The first-order chi connectivity index (χ1) is 14.2. The highest BCUT2D eigenvalue weighted by Crippen LogP contribution is 2.26. The molecule has 0 aliphatic carbocycles. The predicted molar refractivity (Wildman–Crippen MR) is 112 cm³/mol. The summed E-state index contributed by atoms with van der Waals surface area (Å²) in [6.45, 7) is 2.62. The average Bonchev–Trinajstić information content (AvgIpc) is 2.75. The number of nitrogens with one attached hydrogen (secondary N) is 1. The molecule has 4 rings (SSSR count). The lowest BCUT2D eigenvalue weighted by Gasteiger charge is -2.11. The van der Waals surface area contributed by atoms with Crippen molar-refractivity contribution in [3.63, 3.8) is 0 Å². The lowest BCUT2D eigenvalue weighted by Crippen LogP contribution is -2.02. The highest BCUT2D eigenvalue weighted by atomic mass is 19.1. The zero-order chi connectivity index (χ0) is 20.1. The second-order valence-corrected chi connectivity index (χ2v) is 6.63. The van der Waals surface area contributed by atoms with Gasteiger partial charge < -0.3 is 10.1 Å². The van der Waals surface area contributed by atoms with Gasteiger partial charge in [-0.25, -0.2) is 9.37 Å². The number of ether oxygens (including phenoxy) is 1. The molecule has 29 heavy (non-hydrogen) atoms. The van der Waals surface area contributed by atoms with Crippen LogP contribution in [0.2, 0.25) is 0 Å². The third kappa shape index (κ3) is 4.76. The van der Waals surface area contributed by atoms with E-state index < -0.39 is 0 Å². The number of hydrogen-bond acceptors (Lipinski definition) is 4. The molecule has 5 heteroatoms. The molecule has 2 heterocycles. The van der Waals surface area contributed by atoms with E-state index >= 15 is 0 Å². The Morgan fingerprint density at radius 2 is 1.62 bits per heavy atom. The van der Waals surface area contributed by atoms with Crippen molar-refractivity contribution in [2.24, 2.45) is 0 Å². The van der Waals surface area contributed by atoms with E-state index in [1.165, 1.54) is 12.1 Å². The van der Waals surface area contributed by atoms with E-state index in [2.05, 4.69) is 15.3 Å². The Morgan fingerprint density at radius 3 is 2.28 bits per heavy atom. The summed E-state index contributed by atoms with van der Waals surface area (Å²) in [5.41, 5.74) is 4.86. The molecule has 0 saturated carbocycles. The Kier molecular flexibility index (Phi) is 5.47. The normalized spacial score (nSPS) is 10.6. The highest BCUT2D eigenvalue weighted by molar-refractivity contribution is 5.64. The Balaban J connectivity index is 1.41. The van der Waals surface area contributed by atoms with Gasteiger partial charge in [-0.05, 0) is 60.0 Å². The monoisotopic (exact) mass is 385 g/mol. The van der Waals surface area contributed by atoms with Crippen LogP contribution in [-0.4, -0.2) is 9.97 Å². The summed E-state index contributed by atoms with van der Waals surface area (Å²) in [6.07, 6.45) is 3.59. The van der Waals surface area contributed by atoms with Crippen LogP contribution in [0.5, 0.6) is 11.6 Å². The molecule has 4 nitrogen and oxygen atoms in total. The van der Waals surface area contributed by atoms with Gasteiger partial charge in [0.15, 0.2) is 0 Å². The van der Waals surface area contributed by atoms with Gasteiger partial charge in [0.05, 0.1) is 11.4 Å². The molecule has 2 aromatic carbocycles. The maximum Gasteiger partial charge on any atom is 0.219 e. The van der Waals surface area contributed by atoms with E-state index in [0.29, 0.717) is 18.2 Å². The summed E-state index contributed by atoms with van der Waals surface area (Å²) < 4.78 is 18.9. The van der Waals surface area contributed by atoms with Crippen LogP contribution >= 0.6 is 0 Å². The van der Waals surface area contributed by atoms with Gasteiger partial charge in [0.25, 0.3) is 0 Å². The van der Waals surface area contributed by atoms with Crippen LogP contribution in [0.3, 0.4) is 0 Å². The second-order valence-electron chi connectivity index (χ2n) is 6.63. The highest BCUT2D eigenvalue weighted by Gasteiger charge is 2.05. The van der Waals surface area contributed by atoms with Crippen LogP contribution in [0.1, 0.15) is 11.3 Å². The number of hydrogen-bond donors (Lipinski definition) is 1. The number of nitrogens with zero attached hydrogens (tertiary/aromatic N) is 2. The molecule has 0 aliphatic rings. The fraction of sp³-hybridized carbons (Fsp3) is 0.0833. The van der Waals surface area contributed by atoms with Crippen molar-refractivity contribution in [3.05, 3.63) is 102 Å². The number of aryl methyl sites for hydroxylation is 1. The van der Waals surface area contributed by atoms with Crippen LogP contribution in [-0.2, 0) is 6.54 Å². The van der Waals surface area contributed by atoms with Crippen LogP contribution in [0.25, 0.3) is 11.1 Å². The van der Waals surface area contributed by atoms with Gasteiger partial charge in [0.1, 0.15) is 11.6 Å². The first-order valence-corrected chi connectivity index (χ1v) is 9.32. The maximum absolute atomic E-state index is 13.1. The van der Waals surface area contributed by atoms with Gasteiger partial charge in [0.2, 0.25) is 5.88 Å². The number of pyridine rings is 2. The van der Waals surface area contributed by atoms with Gasteiger partial charge in [-0.2, -0.15) is 0 Å². The minimum atomic E-state index is -0.242. The molecule has 0 spiro atoms. The predicted octanol–water partition coefficient (Wildman–Crippen LogP) is 6.00. The van der Waals surface area contributed by atoms with E-state index in [1.54, 1.807) is 18.3 Å². The Morgan fingerprint density at radius 1 is 0.897 bits per heavy atom. The fourth-order valence-corrected chi connectivity index (χ4v) is 2.96. The van der Waals surface area contributed by atoms with E-state index in [-0.39, 0.29) is 5.82 Å². The van der Waals surface area contributed by atoms with E-state index in [1.807, 2.05) is 61.7 Å². The zero-order valence-corrected chi connectivity index (χ0v) is 16.0. The van der Waals surface area contributed by atoms with Crippen LogP contribution in [0.4, 0.5) is 10.1 Å². The molecule has 144 valence electrons. The van der Waals surface area contributed by atoms with E-state index in [0.717, 1.165) is 28.1 Å². The molecular formula is C24H20FN3O. The van der Waals surface area contributed by atoms with Gasteiger partial charge in [-0.15, -0.1) is 0 Å². The van der Waals surface area contributed by atoms with Gasteiger partial charge in [-0.3, -0.25) is 4.98 Å². The number of benzene rings is 2. The summed E-state index contributed by atoms with van der Waals surface area (Å²) in [5, 5.41) is 3.37. The van der Waals surface area contributed by atoms with Gasteiger partial charge in [0, 0.05) is 25.0 Å². The van der Waals surface area contributed by atoms with Crippen LogP contribution in [0, 0.1) is 12.7 Å². The molecule has 2 aromatic heterocycles. The standard InChI is InChI=1S/C24H20FN3O/c1-17-23(27-16-18-3-2-14-26-15-18)12-13-24(28-17)29-22-10-6-20(7-11-22)19-4-8-21(25)9-5-19/h2-15,27H,16H2,1H3. The number of anilines is 1. The fourth-order valence-electron chi connectivity index (χ4n) is 2.96. The third-order valence-electron chi connectivity index (χ3n) is 4.52. The lowest BCUT2D eigenvalue weighted by molar-refractivity contribution is 0.462. The van der Waals surface area contributed by atoms with Crippen molar-refractivity contribution in [2.75, 3.05) is 5.32 Å². The number of aromatic nitrogens is 2. The first kappa shape index (κ1) is 18.6. The number of halogens is 1. The van der Waals surface area contributed by atoms with E-state index in [9.17, 15) is 4.39 Å². The molecule has 4 aromatic rings. The van der Waals surface area contributed by atoms with Crippen molar-refractivity contribution < 1.29 is 9.13 Å². The van der Waals surface area contributed by atoms with Crippen molar-refractivity contribution in [2.45, 2.75) is 13.5 Å². The summed E-state index contributed by atoms with van der Waals surface area (Å²) >= 11 is 0. The van der Waals surface area contributed by atoms with Crippen molar-refractivity contribution in [3.8, 4) is 22.8 Å². The molecule has 0 aliphatic heterocycles. The summed E-state index contributed by atoms with van der Waals surface area (Å²) in [4.78, 5) is 8.65. The van der Waals surface area contributed by atoms with Gasteiger partial charge in [-0.1, -0.05) is 30.3 Å². The molecular weight excluding hydrogens is 365 g/mol. The molecule has 0 fully saturated rings. The molecule has 0 saturated heterocycles. The molecule has 0 unspecified atom stereocenters. The third-order valence-corrected chi connectivity index (χ3v) is 4.52. The molecule has 0 radical (unpaired) electrons. The van der Waals surface area contributed by atoms with Crippen molar-refractivity contribution in [1.82, 2.24) is 9.97 Å². The van der Waals surface area contributed by atoms with Crippen molar-refractivity contribution in [1.29, 1.82) is 0 Å². The summed E-state index contributed by atoms with van der Waals surface area (Å²) in [5.74, 6) is 0.983. The Bertz CT molecular complexity index is 1080. The molecule has 0 bridgehead atoms. The molecule has 1 N–H and O–H groups in total. The quantitative estimate of drug-likeness (QED) is 0.442. The second kappa shape index (κ2) is 8.52. The zero-order valence-electron chi connectivity index (χ0n) is 16.0. The number of rotatable bonds is 6. The topological polar surface area (TPSA) is 47.0 Å². The SMILES string of the molecule is Cc1nc(Oc2ccc(-c3ccc(F)cc3)cc2)ccc1NCc1cccnc1. The van der Waals surface area contributed by atoms with Crippen molar-refractivity contribution >= 4 is 5.69 Å². The Hall–Kier alpha value is -3.73. The van der Waals surface area contributed by atoms with E-state index in [4.69, 9.17) is 4.74 Å². The average molecular weight is 385 g/mol. The lowest BCUT2D eigenvalue weighted by atomic mass is 10.1. The summed E-state index contributed by atoms with van der Waals surface area (Å²) in [6, 6.07) is 21.8. The van der Waals surface area contributed by atoms with Gasteiger partial charge >= 0.3 is 0 Å². The summed E-state index contributed by atoms with van der Waals surface area (Å²) in [7, 11) is 0. The maximum atomic E-state index is 13.1. The smallest absolute Gasteiger partial charge is 0.219 e. The minimum absolute atomic E-state index is 0.242.